The smallest absolute Gasteiger partial charge is 0.124 e. The Bertz CT molecular complexity index is 1260. The van der Waals surface area contributed by atoms with Crippen LogP contribution in [0.25, 0.3) is 21.9 Å². The number of benzene rings is 2. The third kappa shape index (κ3) is 3.60. The molecule has 2 aromatic carbocycles. The van der Waals surface area contributed by atoms with E-state index < -0.39 is 0 Å². The lowest BCUT2D eigenvalue weighted by atomic mass is 9.86. The summed E-state index contributed by atoms with van der Waals surface area (Å²) in [6.45, 7) is 2.03. The molecule has 1 N–H and O–H groups in total. The average molecular weight is 435 g/mol. The number of hydrogen-bond donors (Lipinski definition) is 1. The second-order valence-corrected chi connectivity index (χ2v) is 9.37. The quantitative estimate of drug-likeness (QED) is 0.413. The standard InChI is InChI=1S/C25H24ClFN4/c26-17-3-5-22-23(13-17)30-25(29-22)24(16-1-2-16)31-11-8-15(9-12-31)19-7-10-28-21-6-4-18(27)14-20(19)21/h3-7,10,13-16,24H,1-2,8-9,11-12H2,(H,29,30). The van der Waals surface area contributed by atoms with Crippen LogP contribution in [0.5, 0.6) is 0 Å². The lowest BCUT2D eigenvalue weighted by molar-refractivity contribution is 0.131. The third-order valence-corrected chi connectivity index (χ3v) is 7.15. The van der Waals surface area contributed by atoms with Gasteiger partial charge < -0.3 is 4.98 Å². The van der Waals surface area contributed by atoms with Crippen LogP contribution < -0.4 is 0 Å². The maximum Gasteiger partial charge on any atom is 0.124 e. The molecular weight excluding hydrogens is 411 g/mol. The number of fused-ring (bicyclic) bond motifs is 2. The number of aromatic nitrogens is 3. The van der Waals surface area contributed by atoms with E-state index in [1.54, 1.807) is 12.1 Å². The van der Waals surface area contributed by atoms with Crippen molar-refractivity contribution in [1.82, 2.24) is 19.9 Å². The lowest BCUT2D eigenvalue weighted by Gasteiger charge is -2.37. The first kappa shape index (κ1) is 19.2. The fourth-order valence-electron chi connectivity index (χ4n) is 5.23. The van der Waals surface area contributed by atoms with Crippen LogP contribution in [0.1, 0.15) is 49.0 Å². The van der Waals surface area contributed by atoms with Crippen molar-refractivity contribution in [2.75, 3.05) is 13.1 Å². The van der Waals surface area contributed by atoms with E-state index in [4.69, 9.17) is 16.6 Å². The highest BCUT2D eigenvalue weighted by molar-refractivity contribution is 6.31. The minimum absolute atomic E-state index is 0.196. The number of pyridine rings is 1. The summed E-state index contributed by atoms with van der Waals surface area (Å²) in [6.07, 6.45) is 6.50. The molecule has 4 aromatic rings. The first-order valence-electron chi connectivity index (χ1n) is 11.1. The molecule has 1 saturated heterocycles. The summed E-state index contributed by atoms with van der Waals surface area (Å²) in [5.74, 6) is 1.97. The van der Waals surface area contributed by atoms with Gasteiger partial charge in [-0.3, -0.25) is 9.88 Å². The molecule has 0 spiro atoms. The van der Waals surface area contributed by atoms with Gasteiger partial charge in [-0.05, 0) is 98.6 Å². The molecule has 1 aliphatic heterocycles. The van der Waals surface area contributed by atoms with Gasteiger partial charge in [0.05, 0.1) is 22.6 Å². The Kier molecular flexibility index (Phi) is 4.69. The summed E-state index contributed by atoms with van der Waals surface area (Å²) in [5, 5.41) is 1.68. The largest absolute Gasteiger partial charge is 0.341 e. The molecule has 1 atom stereocenters. The van der Waals surface area contributed by atoms with Crippen molar-refractivity contribution < 1.29 is 4.39 Å². The maximum absolute atomic E-state index is 13.9. The molecular formula is C25H24ClFN4. The molecule has 2 aromatic heterocycles. The van der Waals surface area contributed by atoms with Gasteiger partial charge in [0.1, 0.15) is 11.6 Å². The number of halogens is 2. The molecule has 2 aliphatic rings. The van der Waals surface area contributed by atoms with Crippen molar-refractivity contribution in [2.45, 2.75) is 37.6 Å². The highest BCUT2D eigenvalue weighted by atomic mass is 35.5. The third-order valence-electron chi connectivity index (χ3n) is 6.91. The van der Waals surface area contributed by atoms with E-state index in [0.29, 0.717) is 17.9 Å². The van der Waals surface area contributed by atoms with E-state index in [1.165, 1.54) is 24.5 Å². The van der Waals surface area contributed by atoms with Gasteiger partial charge in [-0.25, -0.2) is 9.37 Å². The number of piperidine rings is 1. The Morgan fingerprint density at radius 1 is 1.00 bits per heavy atom. The Morgan fingerprint density at radius 3 is 2.61 bits per heavy atom. The number of likely N-dealkylation sites (tertiary alicyclic amines) is 1. The molecule has 2 fully saturated rings. The molecule has 3 heterocycles. The fraction of sp³-hybridized carbons (Fsp3) is 0.360. The van der Waals surface area contributed by atoms with Gasteiger partial charge in [0, 0.05) is 16.6 Å². The van der Waals surface area contributed by atoms with Crippen LogP contribution >= 0.6 is 11.6 Å². The molecule has 6 heteroatoms. The van der Waals surface area contributed by atoms with Crippen molar-refractivity contribution in [3.63, 3.8) is 0 Å². The number of hydrogen-bond acceptors (Lipinski definition) is 3. The van der Waals surface area contributed by atoms with Crippen LogP contribution in [-0.2, 0) is 0 Å². The zero-order valence-corrected chi connectivity index (χ0v) is 17.9. The molecule has 1 saturated carbocycles. The first-order chi connectivity index (χ1) is 15.2. The van der Waals surface area contributed by atoms with Crippen molar-refractivity contribution in [2.24, 2.45) is 5.92 Å². The van der Waals surface area contributed by atoms with E-state index in [-0.39, 0.29) is 5.82 Å². The summed E-state index contributed by atoms with van der Waals surface area (Å²) < 4.78 is 13.9. The fourth-order valence-corrected chi connectivity index (χ4v) is 5.40. The molecule has 1 aliphatic carbocycles. The zero-order valence-electron chi connectivity index (χ0n) is 17.2. The zero-order chi connectivity index (χ0) is 20.9. The minimum atomic E-state index is -0.196. The predicted octanol–water partition coefficient (Wildman–Crippen LogP) is 6.23. The first-order valence-corrected chi connectivity index (χ1v) is 11.5. The van der Waals surface area contributed by atoms with Crippen molar-refractivity contribution in [3.8, 4) is 0 Å². The summed E-state index contributed by atoms with van der Waals surface area (Å²) in [5.41, 5.74) is 4.09. The second kappa shape index (κ2) is 7.57. The molecule has 4 nitrogen and oxygen atoms in total. The number of aromatic amines is 1. The van der Waals surface area contributed by atoms with Crippen molar-refractivity contribution >= 4 is 33.5 Å². The highest BCUT2D eigenvalue weighted by Gasteiger charge is 2.39. The van der Waals surface area contributed by atoms with Crippen molar-refractivity contribution in [3.05, 3.63) is 70.9 Å². The van der Waals surface area contributed by atoms with Gasteiger partial charge in [0.25, 0.3) is 0 Å². The van der Waals surface area contributed by atoms with Gasteiger partial charge in [0.2, 0.25) is 0 Å². The molecule has 158 valence electrons. The summed E-state index contributed by atoms with van der Waals surface area (Å²) in [6, 6.07) is 13.1. The van der Waals surface area contributed by atoms with Crippen LogP contribution in [0.3, 0.4) is 0 Å². The number of imidazole rings is 1. The molecule has 0 bridgehead atoms. The Balaban J connectivity index is 1.25. The Morgan fingerprint density at radius 2 is 1.81 bits per heavy atom. The maximum atomic E-state index is 13.9. The highest BCUT2D eigenvalue weighted by Crippen LogP contribution is 2.46. The molecule has 0 radical (unpaired) electrons. The van der Waals surface area contributed by atoms with Gasteiger partial charge in [-0.2, -0.15) is 0 Å². The summed E-state index contributed by atoms with van der Waals surface area (Å²) >= 11 is 6.17. The lowest BCUT2D eigenvalue weighted by Crippen LogP contribution is -2.37. The topological polar surface area (TPSA) is 44.8 Å². The van der Waals surface area contributed by atoms with Gasteiger partial charge in [-0.1, -0.05) is 11.6 Å². The molecule has 6 rings (SSSR count). The minimum Gasteiger partial charge on any atom is -0.341 e. The van der Waals surface area contributed by atoms with Gasteiger partial charge in [0.15, 0.2) is 0 Å². The number of nitrogens with one attached hydrogen (secondary N) is 1. The number of rotatable bonds is 4. The van der Waals surface area contributed by atoms with Crippen LogP contribution in [0.2, 0.25) is 5.02 Å². The van der Waals surface area contributed by atoms with Crippen LogP contribution in [0.4, 0.5) is 4.39 Å². The Hall–Kier alpha value is -2.50. The normalized spacial score (nSPS) is 19.3. The number of H-pyrrole nitrogens is 1. The van der Waals surface area contributed by atoms with Crippen LogP contribution in [-0.4, -0.2) is 32.9 Å². The Labute approximate surface area is 185 Å². The van der Waals surface area contributed by atoms with E-state index in [2.05, 4.69) is 20.9 Å². The van der Waals surface area contributed by atoms with Crippen LogP contribution in [0, 0.1) is 11.7 Å². The van der Waals surface area contributed by atoms with E-state index in [9.17, 15) is 4.39 Å². The van der Waals surface area contributed by atoms with E-state index >= 15 is 0 Å². The SMILES string of the molecule is Fc1ccc2nccc(C3CCN(C(c4nc5ccc(Cl)cc5[nH]4)C4CC4)CC3)c2c1. The summed E-state index contributed by atoms with van der Waals surface area (Å²) in [7, 11) is 0. The van der Waals surface area contributed by atoms with Gasteiger partial charge >= 0.3 is 0 Å². The predicted molar refractivity (Wildman–Crippen MR) is 122 cm³/mol. The molecule has 1 unspecified atom stereocenters. The van der Waals surface area contributed by atoms with E-state index in [0.717, 1.165) is 58.7 Å². The summed E-state index contributed by atoms with van der Waals surface area (Å²) in [4.78, 5) is 15.5. The van der Waals surface area contributed by atoms with Crippen LogP contribution in [0.15, 0.2) is 48.7 Å². The molecule has 0 amide bonds. The molecule has 31 heavy (non-hydrogen) atoms. The monoisotopic (exact) mass is 434 g/mol. The van der Waals surface area contributed by atoms with E-state index in [1.807, 2.05) is 24.4 Å². The number of nitrogens with zero attached hydrogens (tertiary/aromatic N) is 3. The second-order valence-electron chi connectivity index (χ2n) is 8.94. The van der Waals surface area contributed by atoms with Gasteiger partial charge in [-0.15, -0.1) is 0 Å². The van der Waals surface area contributed by atoms with Crippen molar-refractivity contribution in [1.29, 1.82) is 0 Å². The average Bonchev–Trinajstić information content (AvgIpc) is 3.52.